The topological polar surface area (TPSA) is 33.7 Å². The molecule has 0 bridgehead atoms. The second kappa shape index (κ2) is 7.39. The number of ether oxygens (including phenoxy) is 2. The molecule has 2 fully saturated rings. The van der Waals surface area contributed by atoms with Crippen LogP contribution in [0, 0.1) is 5.41 Å². The molecule has 4 nitrogen and oxygen atoms in total. The number of benzene rings is 1. The van der Waals surface area contributed by atoms with Crippen molar-refractivity contribution >= 4 is 28.3 Å². The fraction of sp³-hybridized carbons (Fsp3) is 0.625. The van der Waals surface area contributed by atoms with Gasteiger partial charge < -0.3 is 14.8 Å². The Morgan fingerprint density at radius 3 is 2.73 bits per heavy atom. The summed E-state index contributed by atoms with van der Waals surface area (Å²) in [4.78, 5) is 2.54. The summed E-state index contributed by atoms with van der Waals surface area (Å²) < 4.78 is 11.9. The first-order chi connectivity index (χ1) is 10.2. The van der Waals surface area contributed by atoms with Crippen molar-refractivity contribution in [2.24, 2.45) is 5.41 Å². The Labute approximate surface area is 147 Å². The summed E-state index contributed by atoms with van der Waals surface area (Å²) in [6.45, 7) is 5.62. The van der Waals surface area contributed by atoms with Crippen LogP contribution in [0.1, 0.15) is 18.4 Å². The van der Waals surface area contributed by atoms with Gasteiger partial charge in [-0.2, -0.15) is 0 Å². The van der Waals surface area contributed by atoms with E-state index in [1.165, 1.54) is 44.6 Å². The molecule has 2 aliphatic rings. The maximum atomic E-state index is 5.55. The molecule has 0 aliphatic carbocycles. The van der Waals surface area contributed by atoms with Crippen LogP contribution in [0.15, 0.2) is 16.6 Å². The normalized spacial score (nSPS) is 24.5. The van der Waals surface area contributed by atoms with Gasteiger partial charge in [0.1, 0.15) is 11.5 Å². The molecule has 2 aliphatic heterocycles. The molecule has 124 valence electrons. The predicted molar refractivity (Wildman–Crippen MR) is 94.3 cm³/mol. The molecule has 1 atom stereocenters. The summed E-state index contributed by atoms with van der Waals surface area (Å²) in [7, 11) is 3.40. The lowest BCUT2D eigenvalue weighted by Crippen LogP contribution is -2.29. The van der Waals surface area contributed by atoms with Crippen molar-refractivity contribution in [2.45, 2.75) is 19.4 Å². The molecular weight excluding hydrogens is 368 g/mol. The van der Waals surface area contributed by atoms with E-state index in [1.807, 2.05) is 12.1 Å². The molecular formula is C16H24BrClN2O2. The third-order valence-corrected chi connectivity index (χ3v) is 5.52. The van der Waals surface area contributed by atoms with Gasteiger partial charge in [0, 0.05) is 35.7 Å². The second-order valence-corrected chi connectivity index (χ2v) is 7.03. The highest BCUT2D eigenvalue weighted by Gasteiger charge is 2.40. The molecule has 6 heteroatoms. The van der Waals surface area contributed by atoms with Gasteiger partial charge in [-0.25, -0.2) is 0 Å². The first-order valence-electron chi connectivity index (χ1n) is 7.49. The van der Waals surface area contributed by atoms with Crippen molar-refractivity contribution in [3.05, 3.63) is 22.2 Å². The van der Waals surface area contributed by atoms with Gasteiger partial charge in [0.25, 0.3) is 0 Å². The predicted octanol–water partition coefficient (Wildman–Crippen LogP) is 3.07. The first-order valence-corrected chi connectivity index (χ1v) is 8.28. The van der Waals surface area contributed by atoms with Crippen molar-refractivity contribution in [1.82, 2.24) is 10.2 Å². The number of methoxy groups -OCH3 is 2. The van der Waals surface area contributed by atoms with Gasteiger partial charge in [-0.1, -0.05) is 15.9 Å². The lowest BCUT2D eigenvalue weighted by atomic mass is 9.86. The largest absolute Gasteiger partial charge is 0.497 e. The van der Waals surface area contributed by atoms with E-state index < -0.39 is 0 Å². The van der Waals surface area contributed by atoms with Crippen molar-refractivity contribution in [3.63, 3.8) is 0 Å². The Morgan fingerprint density at radius 1 is 1.27 bits per heavy atom. The lowest BCUT2D eigenvalue weighted by Gasteiger charge is -2.24. The van der Waals surface area contributed by atoms with Crippen LogP contribution < -0.4 is 14.8 Å². The van der Waals surface area contributed by atoms with Gasteiger partial charge in [0.2, 0.25) is 0 Å². The quantitative estimate of drug-likeness (QED) is 0.855. The highest BCUT2D eigenvalue weighted by molar-refractivity contribution is 9.10. The third kappa shape index (κ3) is 3.53. The van der Waals surface area contributed by atoms with Gasteiger partial charge in [-0.3, -0.25) is 4.90 Å². The minimum atomic E-state index is 0. The number of nitrogens with one attached hydrogen (secondary N) is 1. The summed E-state index contributed by atoms with van der Waals surface area (Å²) in [5.41, 5.74) is 1.72. The fourth-order valence-electron chi connectivity index (χ4n) is 3.57. The molecule has 3 rings (SSSR count). The van der Waals surface area contributed by atoms with Crippen molar-refractivity contribution in [3.8, 4) is 11.5 Å². The number of nitrogens with zero attached hydrogens (tertiary/aromatic N) is 1. The molecule has 1 N–H and O–H groups in total. The zero-order valence-corrected chi connectivity index (χ0v) is 15.6. The number of halogens is 2. The highest BCUT2D eigenvalue weighted by atomic mass is 79.9. The van der Waals surface area contributed by atoms with Gasteiger partial charge in [0.05, 0.1) is 14.2 Å². The standard InChI is InChI=1S/C16H23BrN2O2.ClH/c1-20-12-7-14(17)13(15(8-12)21-2)9-19-6-4-16(11-19)3-5-18-10-16;/h7-8,18H,3-6,9-11H2,1-2H3;1H. The second-order valence-electron chi connectivity index (χ2n) is 6.18. The molecule has 0 aromatic heterocycles. The van der Waals surface area contributed by atoms with E-state index >= 15 is 0 Å². The van der Waals surface area contributed by atoms with Crippen LogP contribution in [0.2, 0.25) is 0 Å². The Balaban J connectivity index is 0.00000176. The number of hydrogen-bond acceptors (Lipinski definition) is 4. The maximum Gasteiger partial charge on any atom is 0.128 e. The molecule has 1 spiro atoms. The van der Waals surface area contributed by atoms with E-state index in [1.54, 1.807) is 14.2 Å². The summed E-state index contributed by atoms with van der Waals surface area (Å²) in [6, 6.07) is 3.98. The van der Waals surface area contributed by atoms with Crippen molar-refractivity contribution in [1.29, 1.82) is 0 Å². The van der Waals surface area contributed by atoms with Gasteiger partial charge in [-0.05, 0) is 37.4 Å². The third-order valence-electron chi connectivity index (χ3n) is 4.81. The van der Waals surface area contributed by atoms with E-state index in [9.17, 15) is 0 Å². The minimum Gasteiger partial charge on any atom is -0.497 e. The van der Waals surface area contributed by atoms with E-state index in [-0.39, 0.29) is 12.4 Å². The van der Waals surface area contributed by atoms with Gasteiger partial charge >= 0.3 is 0 Å². The van der Waals surface area contributed by atoms with Crippen LogP contribution >= 0.6 is 28.3 Å². The van der Waals surface area contributed by atoms with Crippen molar-refractivity contribution in [2.75, 3.05) is 40.4 Å². The molecule has 2 saturated heterocycles. The van der Waals surface area contributed by atoms with Gasteiger partial charge in [0.15, 0.2) is 0 Å². The lowest BCUT2D eigenvalue weighted by molar-refractivity contribution is 0.264. The molecule has 2 heterocycles. The molecule has 0 radical (unpaired) electrons. The Morgan fingerprint density at radius 2 is 2.09 bits per heavy atom. The summed E-state index contributed by atoms with van der Waals surface area (Å²) in [5, 5.41) is 3.51. The average Bonchev–Trinajstić information content (AvgIpc) is 3.11. The Kier molecular flexibility index (Phi) is 6.00. The monoisotopic (exact) mass is 390 g/mol. The van der Waals surface area contributed by atoms with E-state index in [2.05, 4.69) is 26.1 Å². The Bertz CT molecular complexity index is 521. The van der Waals surface area contributed by atoms with Crippen LogP contribution in [0.25, 0.3) is 0 Å². The van der Waals surface area contributed by atoms with Crippen LogP contribution in [0.5, 0.6) is 11.5 Å². The summed E-state index contributed by atoms with van der Waals surface area (Å²) in [5.74, 6) is 1.71. The van der Waals surface area contributed by atoms with Crippen molar-refractivity contribution < 1.29 is 9.47 Å². The van der Waals surface area contributed by atoms with Crippen LogP contribution in [0.3, 0.4) is 0 Å². The number of likely N-dealkylation sites (tertiary alicyclic amines) is 1. The first kappa shape index (κ1) is 17.9. The zero-order chi connectivity index (χ0) is 14.9. The smallest absolute Gasteiger partial charge is 0.128 e. The van der Waals surface area contributed by atoms with Crippen LogP contribution in [-0.4, -0.2) is 45.3 Å². The maximum absolute atomic E-state index is 5.55. The molecule has 0 amide bonds. The summed E-state index contributed by atoms with van der Waals surface area (Å²) in [6.07, 6.45) is 2.61. The summed E-state index contributed by atoms with van der Waals surface area (Å²) >= 11 is 3.66. The van der Waals surface area contributed by atoms with Crippen LogP contribution in [0.4, 0.5) is 0 Å². The highest BCUT2D eigenvalue weighted by Crippen LogP contribution is 2.39. The minimum absolute atomic E-state index is 0. The van der Waals surface area contributed by atoms with E-state index in [0.29, 0.717) is 5.41 Å². The molecule has 1 unspecified atom stereocenters. The number of rotatable bonds is 4. The fourth-order valence-corrected chi connectivity index (χ4v) is 4.12. The molecule has 0 saturated carbocycles. The van der Waals surface area contributed by atoms with Crippen LogP contribution in [-0.2, 0) is 6.54 Å². The van der Waals surface area contributed by atoms with E-state index in [4.69, 9.17) is 9.47 Å². The number of hydrogen-bond donors (Lipinski definition) is 1. The SMILES string of the molecule is COc1cc(Br)c(CN2CCC3(CCNC3)C2)c(OC)c1.Cl. The molecule has 1 aromatic rings. The van der Waals surface area contributed by atoms with Gasteiger partial charge in [-0.15, -0.1) is 12.4 Å². The zero-order valence-electron chi connectivity index (χ0n) is 13.2. The molecule has 1 aromatic carbocycles. The average molecular weight is 392 g/mol. The van der Waals surface area contributed by atoms with E-state index in [0.717, 1.165) is 22.5 Å². The Hall–Kier alpha value is -0.490. The molecule has 22 heavy (non-hydrogen) atoms.